The first-order valence-corrected chi connectivity index (χ1v) is 7.14. The van der Waals surface area contributed by atoms with E-state index in [1.54, 1.807) is 19.1 Å². The van der Waals surface area contributed by atoms with Crippen LogP contribution >= 0.6 is 11.3 Å². The molecule has 1 N–H and O–H groups in total. The first-order chi connectivity index (χ1) is 9.56. The van der Waals surface area contributed by atoms with Crippen molar-refractivity contribution in [3.8, 4) is 10.6 Å². The highest BCUT2D eigenvalue weighted by Gasteiger charge is 2.17. The van der Waals surface area contributed by atoms with Crippen molar-refractivity contribution in [1.29, 1.82) is 0 Å². The molecule has 0 aliphatic heterocycles. The highest BCUT2D eigenvalue weighted by Crippen LogP contribution is 2.31. The Hall–Kier alpha value is -1.86. The summed E-state index contributed by atoms with van der Waals surface area (Å²) >= 11 is 1.46. The molecule has 106 valence electrons. The van der Waals surface area contributed by atoms with Crippen LogP contribution in [-0.2, 0) is 0 Å². The molecule has 0 aliphatic carbocycles. The number of hydrogen-bond donors (Lipinski definition) is 1. The third-order valence-corrected chi connectivity index (χ3v) is 4.23. The summed E-state index contributed by atoms with van der Waals surface area (Å²) < 4.78 is 0. The van der Waals surface area contributed by atoms with Crippen LogP contribution in [0.5, 0.6) is 0 Å². The molecule has 1 aromatic heterocycles. The fourth-order valence-corrected chi connectivity index (χ4v) is 2.97. The zero-order chi connectivity index (χ0) is 14.7. The van der Waals surface area contributed by atoms with E-state index in [0.717, 1.165) is 17.0 Å². The summed E-state index contributed by atoms with van der Waals surface area (Å²) in [7, 11) is 1.88. The van der Waals surface area contributed by atoms with Crippen molar-refractivity contribution in [1.82, 2.24) is 15.5 Å². The molecular weight excluding hydrogens is 276 g/mol. The summed E-state index contributed by atoms with van der Waals surface area (Å²) in [6.07, 6.45) is 0.916. The number of aryl methyl sites for hydroxylation is 1. The lowest BCUT2D eigenvalue weighted by atomic mass is 10.1. The number of nitro benzene ring substituents is 1. The minimum atomic E-state index is -0.372. The number of hydrogen-bond acceptors (Lipinski definition) is 6. The smallest absolute Gasteiger partial charge is 0.273 e. The van der Waals surface area contributed by atoms with Crippen LogP contribution < -0.4 is 5.32 Å². The summed E-state index contributed by atoms with van der Waals surface area (Å²) in [5, 5.41) is 24.1. The van der Waals surface area contributed by atoms with Gasteiger partial charge in [-0.05, 0) is 20.4 Å². The van der Waals surface area contributed by atoms with Gasteiger partial charge in [-0.25, -0.2) is 0 Å². The Bertz CT molecular complexity index is 623. The lowest BCUT2D eigenvalue weighted by Crippen LogP contribution is -2.14. The average Bonchev–Trinajstić information content (AvgIpc) is 2.90. The van der Waals surface area contributed by atoms with E-state index in [2.05, 4.69) is 22.4 Å². The predicted molar refractivity (Wildman–Crippen MR) is 78.8 cm³/mol. The van der Waals surface area contributed by atoms with Gasteiger partial charge in [-0.2, -0.15) is 0 Å². The Morgan fingerprint density at radius 2 is 2.20 bits per heavy atom. The maximum absolute atomic E-state index is 11.0. The number of aromatic nitrogens is 2. The van der Waals surface area contributed by atoms with Gasteiger partial charge in [0, 0.05) is 17.2 Å². The molecule has 2 rings (SSSR count). The SMILES string of the molecule is CCC(NC)c1nnc(-c2ccc(C)c([N+](=O)[O-])c2)s1. The second kappa shape index (κ2) is 6.06. The van der Waals surface area contributed by atoms with Crippen molar-refractivity contribution in [2.75, 3.05) is 7.05 Å². The van der Waals surface area contributed by atoms with Gasteiger partial charge in [0.05, 0.1) is 11.0 Å². The molecule has 1 aromatic carbocycles. The second-order valence-corrected chi connectivity index (χ2v) is 5.46. The molecule has 1 unspecified atom stereocenters. The largest absolute Gasteiger partial charge is 0.311 e. The molecule has 20 heavy (non-hydrogen) atoms. The summed E-state index contributed by atoms with van der Waals surface area (Å²) in [6.45, 7) is 3.79. The predicted octanol–water partition coefficient (Wildman–Crippen LogP) is 3.09. The van der Waals surface area contributed by atoms with Crippen LogP contribution in [-0.4, -0.2) is 22.2 Å². The van der Waals surface area contributed by atoms with E-state index >= 15 is 0 Å². The molecular formula is C13H16N4O2S. The first kappa shape index (κ1) is 14.5. The highest BCUT2D eigenvalue weighted by atomic mass is 32.1. The molecule has 0 spiro atoms. The Labute approximate surface area is 121 Å². The van der Waals surface area contributed by atoms with Gasteiger partial charge in [-0.3, -0.25) is 10.1 Å². The van der Waals surface area contributed by atoms with Gasteiger partial charge in [-0.15, -0.1) is 10.2 Å². The summed E-state index contributed by atoms with van der Waals surface area (Å²) in [6, 6.07) is 5.30. The summed E-state index contributed by atoms with van der Waals surface area (Å²) in [5.41, 5.74) is 1.49. The molecule has 2 aromatic rings. The quantitative estimate of drug-likeness (QED) is 0.676. The fourth-order valence-electron chi connectivity index (χ4n) is 1.93. The highest BCUT2D eigenvalue weighted by molar-refractivity contribution is 7.14. The van der Waals surface area contributed by atoms with E-state index < -0.39 is 0 Å². The van der Waals surface area contributed by atoms with E-state index in [-0.39, 0.29) is 16.7 Å². The van der Waals surface area contributed by atoms with Crippen LogP contribution in [0.4, 0.5) is 5.69 Å². The van der Waals surface area contributed by atoms with Crippen LogP contribution in [0, 0.1) is 17.0 Å². The monoisotopic (exact) mass is 292 g/mol. The van der Waals surface area contributed by atoms with Gasteiger partial charge in [0.2, 0.25) is 0 Å². The van der Waals surface area contributed by atoms with Gasteiger partial charge in [0.1, 0.15) is 10.0 Å². The van der Waals surface area contributed by atoms with Crippen molar-refractivity contribution in [3.05, 3.63) is 38.9 Å². The molecule has 6 nitrogen and oxygen atoms in total. The van der Waals surface area contributed by atoms with Crippen LogP contribution in [0.1, 0.15) is 30.0 Å². The van der Waals surface area contributed by atoms with E-state index in [1.807, 2.05) is 13.1 Å². The summed E-state index contributed by atoms with van der Waals surface area (Å²) in [4.78, 5) is 10.6. The minimum Gasteiger partial charge on any atom is -0.311 e. The molecule has 1 atom stereocenters. The Balaban J connectivity index is 2.37. The number of rotatable bonds is 5. The molecule has 0 amide bonds. The molecule has 0 fully saturated rings. The maximum Gasteiger partial charge on any atom is 0.273 e. The van der Waals surface area contributed by atoms with Crippen molar-refractivity contribution in [2.24, 2.45) is 0 Å². The van der Waals surface area contributed by atoms with Crippen LogP contribution in [0.15, 0.2) is 18.2 Å². The van der Waals surface area contributed by atoms with E-state index in [1.165, 1.54) is 11.3 Å². The number of nitrogens with zero attached hydrogens (tertiary/aromatic N) is 3. The van der Waals surface area contributed by atoms with Crippen molar-refractivity contribution in [2.45, 2.75) is 26.3 Å². The van der Waals surface area contributed by atoms with Gasteiger partial charge in [0.15, 0.2) is 0 Å². The molecule has 0 radical (unpaired) electrons. The molecule has 0 bridgehead atoms. The fraction of sp³-hybridized carbons (Fsp3) is 0.385. The van der Waals surface area contributed by atoms with Crippen molar-refractivity contribution in [3.63, 3.8) is 0 Å². The third kappa shape index (κ3) is 2.83. The Morgan fingerprint density at radius 1 is 1.45 bits per heavy atom. The Kier molecular flexibility index (Phi) is 4.41. The number of nitro groups is 1. The van der Waals surface area contributed by atoms with Gasteiger partial charge < -0.3 is 5.32 Å². The van der Waals surface area contributed by atoms with Gasteiger partial charge >= 0.3 is 0 Å². The molecule has 0 saturated carbocycles. The third-order valence-electron chi connectivity index (χ3n) is 3.15. The molecule has 1 heterocycles. The number of nitrogens with one attached hydrogen (secondary N) is 1. The second-order valence-electron chi connectivity index (χ2n) is 4.45. The minimum absolute atomic E-state index is 0.111. The zero-order valence-electron chi connectivity index (χ0n) is 11.6. The Morgan fingerprint density at radius 3 is 2.80 bits per heavy atom. The van der Waals surface area contributed by atoms with Crippen LogP contribution in [0.2, 0.25) is 0 Å². The normalized spacial score (nSPS) is 12.3. The van der Waals surface area contributed by atoms with E-state index in [9.17, 15) is 10.1 Å². The molecule has 0 aliphatic rings. The maximum atomic E-state index is 11.0. The van der Waals surface area contributed by atoms with Gasteiger partial charge in [0.25, 0.3) is 5.69 Å². The van der Waals surface area contributed by atoms with E-state index in [0.29, 0.717) is 10.6 Å². The standard InChI is InChI=1S/C13H16N4O2S/c1-4-10(14-3)13-16-15-12(20-13)9-6-5-8(2)11(7-9)17(18)19/h5-7,10,14H,4H2,1-3H3. The number of benzene rings is 1. The topological polar surface area (TPSA) is 81.0 Å². The van der Waals surface area contributed by atoms with Crippen LogP contribution in [0.25, 0.3) is 10.6 Å². The average molecular weight is 292 g/mol. The van der Waals surface area contributed by atoms with Crippen LogP contribution in [0.3, 0.4) is 0 Å². The van der Waals surface area contributed by atoms with Crippen molar-refractivity contribution < 1.29 is 4.92 Å². The lowest BCUT2D eigenvalue weighted by molar-refractivity contribution is -0.385. The van der Waals surface area contributed by atoms with Crippen molar-refractivity contribution >= 4 is 17.0 Å². The molecule has 0 saturated heterocycles. The lowest BCUT2D eigenvalue weighted by Gasteiger charge is -2.08. The molecule has 7 heteroatoms. The van der Waals surface area contributed by atoms with Gasteiger partial charge in [-0.1, -0.05) is 30.4 Å². The summed E-state index contributed by atoms with van der Waals surface area (Å²) in [5.74, 6) is 0. The first-order valence-electron chi connectivity index (χ1n) is 6.32. The van der Waals surface area contributed by atoms with E-state index in [4.69, 9.17) is 0 Å². The zero-order valence-corrected chi connectivity index (χ0v) is 12.4.